The molecule has 0 aliphatic carbocycles. The minimum Gasteiger partial charge on any atom is -0.489 e. The summed E-state index contributed by atoms with van der Waals surface area (Å²) in [6.07, 6.45) is 2.60. The van der Waals surface area contributed by atoms with Crippen LogP contribution in [0.25, 0.3) is 0 Å². The van der Waals surface area contributed by atoms with E-state index in [2.05, 4.69) is 17.3 Å². The molecule has 0 spiro atoms. The Kier molecular flexibility index (Phi) is 3.41. The zero-order chi connectivity index (χ0) is 13.9. The molecule has 1 aromatic carbocycles. The number of nitrogens with zero attached hydrogens (tertiary/aromatic N) is 2. The number of para-hydroxylation sites is 1. The molecule has 0 amide bonds. The summed E-state index contributed by atoms with van der Waals surface area (Å²) < 4.78 is 7.41. The molecular weight excluding hydrogens is 254 g/mol. The predicted molar refractivity (Wildman–Crippen MR) is 76.4 cm³/mol. The van der Waals surface area contributed by atoms with Gasteiger partial charge in [-0.05, 0) is 24.6 Å². The van der Waals surface area contributed by atoms with E-state index in [-0.39, 0.29) is 5.78 Å². The summed E-state index contributed by atoms with van der Waals surface area (Å²) >= 11 is 0. The van der Waals surface area contributed by atoms with Crippen molar-refractivity contribution < 1.29 is 9.53 Å². The van der Waals surface area contributed by atoms with E-state index in [9.17, 15) is 4.79 Å². The maximum atomic E-state index is 12.7. The van der Waals surface area contributed by atoms with E-state index in [1.165, 1.54) is 0 Å². The van der Waals surface area contributed by atoms with Crippen molar-refractivity contribution in [2.45, 2.75) is 19.9 Å². The molecule has 0 atom stereocenters. The molecule has 5 nitrogen and oxygen atoms in total. The van der Waals surface area contributed by atoms with E-state index in [4.69, 9.17) is 4.74 Å². The molecule has 2 aromatic rings. The van der Waals surface area contributed by atoms with Gasteiger partial charge in [0.05, 0.1) is 11.3 Å². The smallest absolute Gasteiger partial charge is 0.214 e. The second kappa shape index (κ2) is 5.36. The quantitative estimate of drug-likeness (QED) is 0.867. The average molecular weight is 271 g/mol. The van der Waals surface area contributed by atoms with Crippen molar-refractivity contribution >= 4 is 11.5 Å². The van der Waals surface area contributed by atoms with E-state index in [0.717, 1.165) is 25.2 Å². The molecule has 2 heterocycles. The van der Waals surface area contributed by atoms with Crippen molar-refractivity contribution in [2.75, 3.05) is 18.5 Å². The number of ether oxygens (including phenoxy) is 1. The van der Waals surface area contributed by atoms with Crippen molar-refractivity contribution in [3.05, 3.63) is 41.7 Å². The number of aryl methyl sites for hydroxylation is 1. The summed E-state index contributed by atoms with van der Waals surface area (Å²) in [5.74, 6) is 0.601. The van der Waals surface area contributed by atoms with E-state index < -0.39 is 0 Å². The zero-order valence-electron chi connectivity index (χ0n) is 11.4. The lowest BCUT2D eigenvalue weighted by molar-refractivity contribution is 0.102. The second-order valence-electron chi connectivity index (χ2n) is 4.73. The predicted octanol–water partition coefficient (Wildman–Crippen LogP) is 2.33. The number of rotatable bonds is 4. The molecule has 0 unspecified atom stereocenters. The Labute approximate surface area is 117 Å². The van der Waals surface area contributed by atoms with E-state index in [1.807, 2.05) is 12.1 Å². The second-order valence-corrected chi connectivity index (χ2v) is 4.73. The lowest BCUT2D eigenvalue weighted by atomic mass is 10.0. The minimum atomic E-state index is -0.0449. The largest absolute Gasteiger partial charge is 0.489 e. The van der Waals surface area contributed by atoms with Crippen LogP contribution in [0.15, 0.2) is 30.5 Å². The molecule has 104 valence electrons. The van der Waals surface area contributed by atoms with Gasteiger partial charge >= 0.3 is 0 Å². The fraction of sp³-hybridized carbons (Fsp3) is 0.333. The first-order valence-corrected chi connectivity index (χ1v) is 6.87. The monoisotopic (exact) mass is 271 g/mol. The Morgan fingerprint density at radius 1 is 1.45 bits per heavy atom. The highest BCUT2D eigenvalue weighted by Crippen LogP contribution is 2.32. The first-order valence-electron chi connectivity index (χ1n) is 6.87. The van der Waals surface area contributed by atoms with Gasteiger partial charge in [-0.15, -0.1) is 0 Å². The molecule has 1 aliphatic rings. The average Bonchev–Trinajstić information content (AvgIpc) is 2.94. The first kappa shape index (κ1) is 12.7. The fourth-order valence-electron chi connectivity index (χ4n) is 2.40. The normalized spacial score (nSPS) is 13.2. The number of fused-ring (bicyclic) bond motifs is 1. The van der Waals surface area contributed by atoms with Gasteiger partial charge in [-0.1, -0.05) is 13.0 Å². The van der Waals surface area contributed by atoms with Crippen LogP contribution in [0, 0.1) is 0 Å². The van der Waals surface area contributed by atoms with Gasteiger partial charge in [0.25, 0.3) is 0 Å². The lowest BCUT2D eigenvalue weighted by Gasteiger charge is -2.21. The summed E-state index contributed by atoms with van der Waals surface area (Å²) in [6.45, 7) is 4.14. The Hall–Kier alpha value is -2.30. The van der Waals surface area contributed by atoms with E-state index in [1.54, 1.807) is 23.0 Å². The number of hydrogen-bond donors (Lipinski definition) is 1. The van der Waals surface area contributed by atoms with Crippen LogP contribution < -0.4 is 10.1 Å². The van der Waals surface area contributed by atoms with Crippen LogP contribution in [0.4, 0.5) is 5.69 Å². The van der Waals surface area contributed by atoms with Crippen LogP contribution in [0.3, 0.4) is 0 Å². The van der Waals surface area contributed by atoms with Crippen molar-refractivity contribution in [3.63, 3.8) is 0 Å². The topological polar surface area (TPSA) is 56.2 Å². The van der Waals surface area contributed by atoms with Crippen LogP contribution in [-0.4, -0.2) is 28.7 Å². The van der Waals surface area contributed by atoms with Crippen LogP contribution in [0.5, 0.6) is 5.75 Å². The number of anilines is 1. The molecule has 1 aliphatic heterocycles. The SMILES string of the molecule is CCCn1nccc1C(=O)c1cccc2c1OCCN2. The summed E-state index contributed by atoms with van der Waals surface area (Å²) in [6, 6.07) is 7.36. The number of hydrogen-bond acceptors (Lipinski definition) is 4. The molecule has 0 saturated heterocycles. The highest BCUT2D eigenvalue weighted by molar-refractivity contribution is 6.10. The number of nitrogens with one attached hydrogen (secondary N) is 1. The molecule has 0 fully saturated rings. The standard InChI is InChI=1S/C15H17N3O2/c1-2-9-18-13(6-7-17-18)14(19)11-4-3-5-12-15(11)20-10-8-16-12/h3-7,16H,2,8-10H2,1H3. The Balaban J connectivity index is 2.00. The number of carbonyl (C=O) groups excluding carboxylic acids is 1. The molecule has 0 radical (unpaired) electrons. The zero-order valence-corrected chi connectivity index (χ0v) is 11.4. The number of carbonyl (C=O) groups is 1. The van der Waals surface area contributed by atoms with Crippen LogP contribution in [0.2, 0.25) is 0 Å². The number of aromatic nitrogens is 2. The van der Waals surface area contributed by atoms with Gasteiger partial charge in [-0.2, -0.15) is 5.10 Å². The first-order chi connectivity index (χ1) is 9.81. The van der Waals surface area contributed by atoms with Gasteiger partial charge in [-0.25, -0.2) is 0 Å². The van der Waals surface area contributed by atoms with Crippen molar-refractivity contribution in [1.82, 2.24) is 9.78 Å². The summed E-state index contributed by atoms with van der Waals surface area (Å²) in [5, 5.41) is 7.45. The van der Waals surface area contributed by atoms with Gasteiger partial charge in [0.2, 0.25) is 5.78 Å². The van der Waals surface area contributed by atoms with E-state index in [0.29, 0.717) is 23.6 Å². The van der Waals surface area contributed by atoms with Crippen LogP contribution in [-0.2, 0) is 6.54 Å². The molecule has 0 bridgehead atoms. The Bertz CT molecular complexity index is 634. The third-order valence-electron chi connectivity index (χ3n) is 3.31. The van der Waals surface area contributed by atoms with Crippen LogP contribution in [0.1, 0.15) is 29.4 Å². The molecule has 5 heteroatoms. The lowest BCUT2D eigenvalue weighted by Crippen LogP contribution is -2.21. The fourth-order valence-corrected chi connectivity index (χ4v) is 2.40. The van der Waals surface area contributed by atoms with Gasteiger partial charge < -0.3 is 10.1 Å². The van der Waals surface area contributed by atoms with Gasteiger partial charge in [0, 0.05) is 19.3 Å². The maximum absolute atomic E-state index is 12.7. The highest BCUT2D eigenvalue weighted by atomic mass is 16.5. The molecule has 1 N–H and O–H groups in total. The van der Waals surface area contributed by atoms with Crippen LogP contribution >= 0.6 is 0 Å². The van der Waals surface area contributed by atoms with Crippen molar-refractivity contribution in [3.8, 4) is 5.75 Å². The summed E-state index contributed by atoms with van der Waals surface area (Å²) in [4.78, 5) is 12.7. The minimum absolute atomic E-state index is 0.0449. The Morgan fingerprint density at radius 3 is 3.20 bits per heavy atom. The molecule has 3 rings (SSSR count). The summed E-state index contributed by atoms with van der Waals surface area (Å²) in [7, 11) is 0. The van der Waals surface area contributed by atoms with Gasteiger partial charge in [0.1, 0.15) is 12.3 Å². The number of benzene rings is 1. The number of ketones is 1. The molecule has 0 saturated carbocycles. The highest BCUT2D eigenvalue weighted by Gasteiger charge is 2.22. The Morgan fingerprint density at radius 2 is 2.35 bits per heavy atom. The molecule has 20 heavy (non-hydrogen) atoms. The molecular formula is C15H17N3O2. The van der Waals surface area contributed by atoms with Gasteiger partial charge in [-0.3, -0.25) is 9.48 Å². The van der Waals surface area contributed by atoms with Crippen molar-refractivity contribution in [1.29, 1.82) is 0 Å². The third-order valence-corrected chi connectivity index (χ3v) is 3.31. The maximum Gasteiger partial charge on any atom is 0.214 e. The van der Waals surface area contributed by atoms with Crippen molar-refractivity contribution in [2.24, 2.45) is 0 Å². The summed E-state index contributed by atoms with van der Waals surface area (Å²) in [5.41, 5.74) is 2.07. The van der Waals surface area contributed by atoms with Gasteiger partial charge in [0.15, 0.2) is 5.75 Å². The third kappa shape index (κ3) is 2.15. The molecule has 1 aromatic heterocycles. The van der Waals surface area contributed by atoms with E-state index >= 15 is 0 Å².